The lowest BCUT2D eigenvalue weighted by Gasteiger charge is -2.29. The van der Waals surface area contributed by atoms with Crippen molar-refractivity contribution >= 4 is 33.7 Å². The highest BCUT2D eigenvalue weighted by Gasteiger charge is 2.58. The van der Waals surface area contributed by atoms with Crippen molar-refractivity contribution in [3.8, 4) is 5.75 Å². The van der Waals surface area contributed by atoms with E-state index in [0.29, 0.717) is 11.3 Å². The predicted octanol–water partition coefficient (Wildman–Crippen LogP) is 0.261. The van der Waals surface area contributed by atoms with Crippen molar-refractivity contribution in [3.63, 3.8) is 0 Å². The van der Waals surface area contributed by atoms with Crippen molar-refractivity contribution in [1.82, 2.24) is 10.4 Å². The fourth-order valence-electron chi connectivity index (χ4n) is 3.08. The molecule has 0 radical (unpaired) electrons. The van der Waals surface area contributed by atoms with Gasteiger partial charge < -0.3 is 10.5 Å². The molecule has 2 fully saturated rings. The normalized spacial score (nSPS) is 27.7. The fraction of sp³-hybridized carbons (Fsp3) is 0.400. The van der Waals surface area contributed by atoms with Crippen LogP contribution in [0.15, 0.2) is 22.7 Å². The number of methoxy groups -OCH3 is 1. The van der Waals surface area contributed by atoms with Crippen molar-refractivity contribution in [3.05, 3.63) is 28.2 Å². The number of primary amides is 1. The predicted molar refractivity (Wildman–Crippen MR) is 85.4 cm³/mol. The molecule has 4 unspecified atom stereocenters. The highest BCUT2D eigenvalue weighted by Crippen LogP contribution is 2.46. The first-order valence-corrected chi connectivity index (χ1v) is 8.07. The van der Waals surface area contributed by atoms with Gasteiger partial charge in [0, 0.05) is 10.0 Å². The van der Waals surface area contributed by atoms with Gasteiger partial charge in [0.2, 0.25) is 11.8 Å². The van der Waals surface area contributed by atoms with Crippen LogP contribution in [0.4, 0.5) is 0 Å². The zero-order valence-corrected chi connectivity index (χ0v) is 14.6. The van der Waals surface area contributed by atoms with Crippen LogP contribution < -0.4 is 15.8 Å². The second kappa shape index (κ2) is 6.15. The Morgan fingerprint density at radius 3 is 2.75 bits per heavy atom. The summed E-state index contributed by atoms with van der Waals surface area (Å²) in [5.74, 6) is -1.87. The minimum Gasteiger partial charge on any atom is -0.496 e. The fourth-order valence-corrected chi connectivity index (χ4v) is 3.46. The molecule has 0 aromatic heterocycles. The van der Waals surface area contributed by atoms with Gasteiger partial charge in [0.05, 0.1) is 19.1 Å². The number of carbonyl (C=O) groups excluding carboxylic acids is 3. The molecule has 128 valence electrons. The van der Waals surface area contributed by atoms with E-state index in [9.17, 15) is 14.4 Å². The molecule has 2 heterocycles. The van der Waals surface area contributed by atoms with E-state index in [1.165, 1.54) is 12.2 Å². The van der Waals surface area contributed by atoms with Gasteiger partial charge in [-0.05, 0) is 25.1 Å². The summed E-state index contributed by atoms with van der Waals surface area (Å²) in [5, 5.41) is 3.58. The molecule has 1 aromatic carbocycles. The number of rotatable bonds is 4. The number of hydroxylamine groups is 2. The quantitative estimate of drug-likeness (QED) is 0.705. The van der Waals surface area contributed by atoms with Crippen LogP contribution in [0.3, 0.4) is 0 Å². The molecule has 9 heteroatoms. The number of imide groups is 1. The maximum Gasteiger partial charge on any atom is 0.258 e. The van der Waals surface area contributed by atoms with Crippen molar-refractivity contribution in [2.45, 2.75) is 25.1 Å². The van der Waals surface area contributed by atoms with E-state index in [-0.39, 0.29) is 0 Å². The number of amides is 3. The number of benzene rings is 1. The minimum absolute atomic E-state index is 0.448. The van der Waals surface area contributed by atoms with Crippen LogP contribution in [0.1, 0.15) is 18.5 Å². The highest BCUT2D eigenvalue weighted by molar-refractivity contribution is 9.10. The lowest BCUT2D eigenvalue weighted by atomic mass is 9.89. The van der Waals surface area contributed by atoms with E-state index in [4.69, 9.17) is 15.3 Å². The molecule has 2 saturated heterocycles. The summed E-state index contributed by atoms with van der Waals surface area (Å²) in [5.41, 5.74) is 6.01. The average molecular weight is 398 g/mol. The van der Waals surface area contributed by atoms with Crippen molar-refractivity contribution in [1.29, 1.82) is 0 Å². The van der Waals surface area contributed by atoms with Crippen molar-refractivity contribution in [2.24, 2.45) is 11.7 Å². The van der Waals surface area contributed by atoms with E-state index in [2.05, 4.69) is 21.2 Å². The van der Waals surface area contributed by atoms with Crippen molar-refractivity contribution in [2.75, 3.05) is 7.11 Å². The molecule has 0 saturated carbocycles. The van der Waals surface area contributed by atoms with Gasteiger partial charge in [-0.1, -0.05) is 15.9 Å². The highest BCUT2D eigenvalue weighted by atomic mass is 79.9. The van der Waals surface area contributed by atoms with Gasteiger partial charge in [0.15, 0.2) is 6.10 Å². The summed E-state index contributed by atoms with van der Waals surface area (Å²) in [7, 11) is 1.50. The number of fused-ring (bicyclic) bond motifs is 1. The van der Waals surface area contributed by atoms with Gasteiger partial charge in [-0.3, -0.25) is 24.5 Å². The number of nitrogens with zero attached hydrogens (tertiary/aromatic N) is 1. The number of hydrogen-bond acceptors (Lipinski definition) is 6. The first-order chi connectivity index (χ1) is 11.3. The molecule has 3 rings (SSSR count). The second-order valence-corrected chi connectivity index (χ2v) is 6.59. The molecule has 3 amide bonds. The Morgan fingerprint density at radius 2 is 2.12 bits per heavy atom. The van der Waals surface area contributed by atoms with Gasteiger partial charge in [-0.25, -0.2) is 0 Å². The smallest absolute Gasteiger partial charge is 0.258 e. The second-order valence-electron chi connectivity index (χ2n) is 5.67. The van der Waals surface area contributed by atoms with Gasteiger partial charge in [0.1, 0.15) is 11.8 Å². The first-order valence-electron chi connectivity index (χ1n) is 7.27. The SMILES string of the molecule is COc1ccc(Br)cc1C1C2C(=O)NC(=O)C2ON1C(C)C(N)=O. The van der Waals surface area contributed by atoms with Crippen LogP contribution in [0.5, 0.6) is 5.75 Å². The molecule has 1 aromatic rings. The van der Waals surface area contributed by atoms with Gasteiger partial charge in [-0.15, -0.1) is 0 Å². The van der Waals surface area contributed by atoms with Crippen LogP contribution in [0.2, 0.25) is 0 Å². The lowest BCUT2D eigenvalue weighted by molar-refractivity contribution is -0.192. The van der Waals surface area contributed by atoms with Crippen LogP contribution in [0, 0.1) is 5.92 Å². The minimum atomic E-state index is -0.993. The molecule has 3 N–H and O–H groups in total. The molecular formula is C15H16BrN3O5. The van der Waals surface area contributed by atoms with E-state index in [1.807, 2.05) is 0 Å². The number of nitrogens with one attached hydrogen (secondary N) is 1. The largest absolute Gasteiger partial charge is 0.496 e. The summed E-state index contributed by atoms with van der Waals surface area (Å²) in [4.78, 5) is 41.5. The molecule has 2 aliphatic rings. The monoisotopic (exact) mass is 397 g/mol. The third-order valence-electron chi connectivity index (χ3n) is 4.29. The lowest BCUT2D eigenvalue weighted by Crippen LogP contribution is -2.44. The Kier molecular flexibility index (Phi) is 4.33. The zero-order valence-electron chi connectivity index (χ0n) is 13.0. The zero-order chi connectivity index (χ0) is 17.6. The van der Waals surface area contributed by atoms with E-state index in [0.717, 1.165) is 4.47 Å². The standard InChI is InChI=1S/C15H16BrN3O5/c1-6(13(17)20)19-11(8-5-7(16)3-4-9(8)23-2)10-12(24-19)15(22)18-14(10)21/h3-6,10-12H,1-2H3,(H2,17,20)(H,18,21,22). The molecular weight excluding hydrogens is 382 g/mol. The van der Waals surface area contributed by atoms with Gasteiger partial charge in [0.25, 0.3) is 5.91 Å². The van der Waals surface area contributed by atoms with Gasteiger partial charge in [-0.2, -0.15) is 5.06 Å². The maximum absolute atomic E-state index is 12.3. The van der Waals surface area contributed by atoms with Crippen LogP contribution in [-0.4, -0.2) is 42.0 Å². The van der Waals surface area contributed by atoms with Crippen LogP contribution in [0.25, 0.3) is 0 Å². The van der Waals surface area contributed by atoms with E-state index >= 15 is 0 Å². The number of nitrogens with two attached hydrogens (primary N) is 1. The average Bonchev–Trinajstić information content (AvgIpc) is 3.05. The van der Waals surface area contributed by atoms with Gasteiger partial charge >= 0.3 is 0 Å². The topological polar surface area (TPSA) is 111 Å². The Morgan fingerprint density at radius 1 is 1.42 bits per heavy atom. The molecule has 0 bridgehead atoms. The molecule has 2 aliphatic heterocycles. The number of ether oxygens (including phenoxy) is 1. The number of hydrogen-bond donors (Lipinski definition) is 2. The van der Waals surface area contributed by atoms with E-state index in [1.54, 1.807) is 25.1 Å². The molecule has 0 aliphatic carbocycles. The summed E-state index contributed by atoms with van der Waals surface area (Å²) in [6, 6.07) is 3.78. The molecule has 24 heavy (non-hydrogen) atoms. The Bertz CT molecular complexity index is 725. The molecule has 4 atom stereocenters. The maximum atomic E-state index is 12.3. The first kappa shape index (κ1) is 16.9. The summed E-state index contributed by atoms with van der Waals surface area (Å²) in [6.07, 6.45) is -0.993. The molecule has 0 spiro atoms. The molecule has 8 nitrogen and oxygen atoms in total. The Hall–Kier alpha value is -1.97. The third kappa shape index (κ3) is 2.58. The number of halogens is 1. The Labute approximate surface area is 146 Å². The van der Waals surface area contributed by atoms with E-state index < -0.39 is 41.8 Å². The summed E-state index contributed by atoms with van der Waals surface area (Å²) >= 11 is 3.38. The summed E-state index contributed by atoms with van der Waals surface area (Å²) in [6.45, 7) is 1.56. The third-order valence-corrected chi connectivity index (χ3v) is 4.78. The number of carbonyl (C=O) groups is 3. The Balaban J connectivity index is 2.12. The van der Waals surface area contributed by atoms with Crippen molar-refractivity contribution < 1.29 is 24.0 Å². The summed E-state index contributed by atoms with van der Waals surface area (Å²) < 4.78 is 6.14. The van der Waals surface area contributed by atoms with Crippen LogP contribution in [-0.2, 0) is 19.2 Å². The van der Waals surface area contributed by atoms with Crippen LogP contribution >= 0.6 is 15.9 Å².